The molecule has 0 aliphatic carbocycles. The fraction of sp³-hybridized carbons (Fsp3) is 0.643. The molecule has 3 nitrogen and oxygen atoms in total. The van der Waals surface area contributed by atoms with Gasteiger partial charge in [0.1, 0.15) is 0 Å². The molecule has 1 heterocycles. The fourth-order valence-electron chi connectivity index (χ4n) is 1.71. The van der Waals surface area contributed by atoms with Crippen molar-refractivity contribution in [3.8, 4) is 0 Å². The van der Waals surface area contributed by atoms with Crippen LogP contribution >= 0.6 is 11.8 Å². The van der Waals surface area contributed by atoms with Crippen LogP contribution in [0.4, 0.5) is 0 Å². The summed E-state index contributed by atoms with van der Waals surface area (Å²) in [6.07, 6.45) is 3.31. The van der Waals surface area contributed by atoms with Gasteiger partial charge in [-0.15, -0.1) is 0 Å². The summed E-state index contributed by atoms with van der Waals surface area (Å²) >= 11 is 1.89. The van der Waals surface area contributed by atoms with Crippen LogP contribution in [-0.4, -0.2) is 42.0 Å². The van der Waals surface area contributed by atoms with E-state index in [9.17, 15) is 0 Å². The molecule has 1 N–H and O–H groups in total. The number of pyridine rings is 1. The topological polar surface area (TPSA) is 28.2 Å². The first-order chi connectivity index (χ1) is 8.76. The second-order valence-electron chi connectivity index (χ2n) is 4.53. The Kier molecular flexibility index (Phi) is 8.05. The molecule has 4 heteroatoms. The van der Waals surface area contributed by atoms with Crippen LogP contribution in [-0.2, 0) is 13.1 Å². The van der Waals surface area contributed by atoms with Crippen molar-refractivity contribution >= 4 is 11.8 Å². The lowest BCUT2D eigenvalue weighted by Crippen LogP contribution is -2.22. The van der Waals surface area contributed by atoms with Gasteiger partial charge >= 0.3 is 0 Å². The molecule has 0 atom stereocenters. The minimum Gasteiger partial charge on any atom is -0.311 e. The number of rotatable bonds is 9. The van der Waals surface area contributed by atoms with Crippen LogP contribution < -0.4 is 5.32 Å². The van der Waals surface area contributed by atoms with Gasteiger partial charge in [0.15, 0.2) is 0 Å². The number of hydrogen-bond acceptors (Lipinski definition) is 4. The summed E-state index contributed by atoms with van der Waals surface area (Å²) in [5.74, 6) is 1.17. The van der Waals surface area contributed by atoms with E-state index in [1.807, 2.05) is 11.8 Å². The zero-order valence-corrected chi connectivity index (χ0v) is 12.6. The highest BCUT2D eigenvalue weighted by molar-refractivity contribution is 7.98. The average molecular weight is 267 g/mol. The quantitative estimate of drug-likeness (QED) is 0.695. The first kappa shape index (κ1) is 15.5. The summed E-state index contributed by atoms with van der Waals surface area (Å²) < 4.78 is 0. The van der Waals surface area contributed by atoms with Gasteiger partial charge in [-0.1, -0.05) is 13.0 Å². The Balaban J connectivity index is 2.43. The fourth-order valence-corrected chi connectivity index (χ4v) is 2.21. The predicted octanol–water partition coefficient (Wildman–Crippen LogP) is 2.38. The Hall–Kier alpha value is -0.580. The average Bonchev–Trinajstić information content (AvgIpc) is 2.37. The van der Waals surface area contributed by atoms with Crippen LogP contribution in [0.15, 0.2) is 18.2 Å². The monoisotopic (exact) mass is 267 g/mol. The highest BCUT2D eigenvalue weighted by atomic mass is 32.2. The van der Waals surface area contributed by atoms with E-state index < -0.39 is 0 Å². The smallest absolute Gasteiger partial charge is 0.0547 e. The van der Waals surface area contributed by atoms with Crippen LogP contribution in [0.25, 0.3) is 0 Å². The third kappa shape index (κ3) is 6.38. The van der Waals surface area contributed by atoms with E-state index in [1.54, 1.807) is 0 Å². The first-order valence-electron chi connectivity index (χ1n) is 6.59. The highest BCUT2D eigenvalue weighted by Crippen LogP contribution is 2.03. The maximum Gasteiger partial charge on any atom is 0.0547 e. The van der Waals surface area contributed by atoms with Crippen molar-refractivity contribution in [3.05, 3.63) is 29.6 Å². The van der Waals surface area contributed by atoms with E-state index in [0.717, 1.165) is 44.0 Å². The summed E-state index contributed by atoms with van der Waals surface area (Å²) in [6, 6.07) is 6.31. The lowest BCUT2D eigenvalue weighted by Gasteiger charge is -2.15. The summed E-state index contributed by atoms with van der Waals surface area (Å²) in [5, 5.41) is 3.39. The Morgan fingerprint density at radius 2 is 2.11 bits per heavy atom. The van der Waals surface area contributed by atoms with Gasteiger partial charge in [-0.25, -0.2) is 0 Å². The van der Waals surface area contributed by atoms with E-state index in [-0.39, 0.29) is 0 Å². The molecule has 0 radical (unpaired) electrons. The highest BCUT2D eigenvalue weighted by Gasteiger charge is 2.02. The molecular formula is C14H25N3S. The molecule has 0 aliphatic heterocycles. The third-order valence-corrected chi connectivity index (χ3v) is 3.30. The van der Waals surface area contributed by atoms with Crippen molar-refractivity contribution < 1.29 is 0 Å². The number of hydrogen-bond donors (Lipinski definition) is 1. The number of thioether (sulfide) groups is 1. The van der Waals surface area contributed by atoms with Gasteiger partial charge in [0.2, 0.25) is 0 Å². The van der Waals surface area contributed by atoms with E-state index in [2.05, 4.69) is 53.6 Å². The molecule has 0 aliphatic rings. The van der Waals surface area contributed by atoms with Crippen molar-refractivity contribution in [3.63, 3.8) is 0 Å². The van der Waals surface area contributed by atoms with Crippen LogP contribution in [0.2, 0.25) is 0 Å². The molecule has 0 amide bonds. The summed E-state index contributed by atoms with van der Waals surface area (Å²) in [5.41, 5.74) is 2.30. The predicted molar refractivity (Wildman–Crippen MR) is 81.0 cm³/mol. The van der Waals surface area contributed by atoms with E-state index >= 15 is 0 Å². The van der Waals surface area contributed by atoms with Gasteiger partial charge in [-0.05, 0) is 38.4 Å². The SMILES string of the molecule is CCCNCc1cccc(CN(C)CCSC)n1. The van der Waals surface area contributed by atoms with Gasteiger partial charge < -0.3 is 5.32 Å². The van der Waals surface area contributed by atoms with Gasteiger partial charge in [0.05, 0.1) is 11.4 Å². The molecule has 1 aromatic heterocycles. The molecule has 1 rings (SSSR count). The zero-order valence-electron chi connectivity index (χ0n) is 11.8. The van der Waals surface area contributed by atoms with Gasteiger partial charge in [-0.2, -0.15) is 11.8 Å². The standard InChI is InChI=1S/C14H25N3S/c1-4-8-15-11-13-6-5-7-14(16-13)12-17(2)9-10-18-3/h5-7,15H,4,8-12H2,1-3H3. The molecule has 0 bridgehead atoms. The minimum absolute atomic E-state index is 0.871. The molecule has 0 fully saturated rings. The Bertz CT molecular complexity index is 331. The Morgan fingerprint density at radius 1 is 1.33 bits per heavy atom. The summed E-state index contributed by atoms with van der Waals surface area (Å²) in [7, 11) is 2.15. The van der Waals surface area contributed by atoms with Crippen LogP contribution in [0, 0.1) is 0 Å². The summed E-state index contributed by atoms with van der Waals surface area (Å²) in [6.45, 7) is 6.15. The summed E-state index contributed by atoms with van der Waals surface area (Å²) in [4.78, 5) is 7.00. The van der Waals surface area contributed by atoms with Gasteiger partial charge in [0, 0.05) is 25.4 Å². The maximum atomic E-state index is 4.68. The van der Waals surface area contributed by atoms with Crippen LogP contribution in [0.3, 0.4) is 0 Å². The second-order valence-corrected chi connectivity index (χ2v) is 5.51. The van der Waals surface area contributed by atoms with E-state index in [0.29, 0.717) is 0 Å². The minimum atomic E-state index is 0.871. The molecule has 0 unspecified atom stereocenters. The van der Waals surface area contributed by atoms with Gasteiger partial charge in [-0.3, -0.25) is 9.88 Å². The molecule has 102 valence electrons. The number of aromatic nitrogens is 1. The van der Waals surface area contributed by atoms with E-state index in [4.69, 9.17) is 0 Å². The Morgan fingerprint density at radius 3 is 2.83 bits per heavy atom. The normalized spacial score (nSPS) is 11.1. The maximum absolute atomic E-state index is 4.68. The Labute approximate surface area is 115 Å². The first-order valence-corrected chi connectivity index (χ1v) is 7.98. The van der Waals surface area contributed by atoms with Crippen molar-refractivity contribution in [1.29, 1.82) is 0 Å². The number of nitrogens with zero attached hydrogens (tertiary/aromatic N) is 2. The van der Waals surface area contributed by atoms with E-state index in [1.165, 1.54) is 5.75 Å². The molecule has 0 saturated carbocycles. The lowest BCUT2D eigenvalue weighted by molar-refractivity contribution is 0.344. The van der Waals surface area contributed by atoms with Crippen LogP contribution in [0.5, 0.6) is 0 Å². The lowest BCUT2D eigenvalue weighted by atomic mass is 10.3. The largest absolute Gasteiger partial charge is 0.311 e. The molecule has 1 aromatic rings. The van der Waals surface area contributed by atoms with Crippen molar-refractivity contribution in [2.24, 2.45) is 0 Å². The molecule has 0 aromatic carbocycles. The molecule has 0 saturated heterocycles. The van der Waals surface area contributed by atoms with Crippen molar-refractivity contribution in [1.82, 2.24) is 15.2 Å². The van der Waals surface area contributed by atoms with Crippen molar-refractivity contribution in [2.75, 3.05) is 32.1 Å². The second kappa shape index (κ2) is 9.36. The third-order valence-electron chi connectivity index (χ3n) is 2.71. The molecule has 0 spiro atoms. The molecule has 18 heavy (non-hydrogen) atoms. The molecular weight excluding hydrogens is 242 g/mol. The van der Waals surface area contributed by atoms with Crippen LogP contribution in [0.1, 0.15) is 24.7 Å². The van der Waals surface area contributed by atoms with Crippen molar-refractivity contribution in [2.45, 2.75) is 26.4 Å². The number of nitrogens with one attached hydrogen (secondary N) is 1. The van der Waals surface area contributed by atoms with Gasteiger partial charge in [0.25, 0.3) is 0 Å². The zero-order chi connectivity index (χ0) is 13.2.